The molecule has 2 rings (SSSR count). The normalized spacial score (nSPS) is 13.8. The number of likely N-dealkylation sites (N-methyl/N-ethyl adjacent to an activating group) is 1. The van der Waals surface area contributed by atoms with Crippen molar-refractivity contribution in [3.05, 3.63) is 71.8 Å². The Hall–Kier alpha value is -4.21. The van der Waals surface area contributed by atoms with Gasteiger partial charge in [-0.2, -0.15) is 0 Å². The van der Waals surface area contributed by atoms with Crippen molar-refractivity contribution in [2.45, 2.75) is 71.7 Å². The van der Waals surface area contributed by atoms with Gasteiger partial charge >= 0.3 is 6.09 Å². The third-order valence-corrected chi connectivity index (χ3v) is 6.92. The van der Waals surface area contributed by atoms with E-state index >= 15 is 0 Å². The molecule has 0 aliphatic heterocycles. The maximum atomic E-state index is 13.5. The van der Waals surface area contributed by atoms with Crippen LogP contribution in [0.15, 0.2) is 60.7 Å². The topological polar surface area (TPSA) is 148 Å². The molecule has 0 bridgehead atoms. The van der Waals surface area contributed by atoms with Crippen LogP contribution in [-0.4, -0.2) is 59.7 Å². The highest BCUT2D eigenvalue weighted by atomic mass is 16.5. The molecule has 0 aliphatic carbocycles. The summed E-state index contributed by atoms with van der Waals surface area (Å²) in [6, 6.07) is 14.9. The molecular formula is C31H42N4O6. The maximum absolute atomic E-state index is 13.5. The second-order valence-corrected chi connectivity index (χ2v) is 10.6. The molecule has 41 heavy (non-hydrogen) atoms. The van der Waals surface area contributed by atoms with Crippen LogP contribution in [0.25, 0.3) is 0 Å². The van der Waals surface area contributed by atoms with Gasteiger partial charge in [0.15, 0.2) is 0 Å². The largest absolute Gasteiger partial charge is 0.445 e. The average Bonchev–Trinajstić information content (AvgIpc) is 2.96. The Bertz CT molecular complexity index is 1170. The fourth-order valence-corrected chi connectivity index (χ4v) is 4.28. The Morgan fingerprint density at radius 3 is 1.95 bits per heavy atom. The van der Waals surface area contributed by atoms with E-state index in [9.17, 15) is 24.0 Å². The van der Waals surface area contributed by atoms with Crippen molar-refractivity contribution >= 4 is 29.6 Å². The van der Waals surface area contributed by atoms with Crippen LogP contribution in [-0.2, 0) is 36.9 Å². The van der Waals surface area contributed by atoms with Crippen molar-refractivity contribution in [1.29, 1.82) is 0 Å². The molecule has 2 aromatic rings. The fourth-order valence-electron chi connectivity index (χ4n) is 4.28. The average molecular weight is 567 g/mol. The van der Waals surface area contributed by atoms with Crippen LogP contribution in [0.1, 0.15) is 51.7 Å². The maximum Gasteiger partial charge on any atom is 0.408 e. The third-order valence-electron chi connectivity index (χ3n) is 6.92. The first-order valence-electron chi connectivity index (χ1n) is 13.9. The molecule has 10 nitrogen and oxygen atoms in total. The number of Topliss-reactive ketones (excluding diaryl/α,β-unsaturated/α-hetero) is 1. The smallest absolute Gasteiger partial charge is 0.408 e. The number of ketones is 1. The summed E-state index contributed by atoms with van der Waals surface area (Å²) in [6.07, 6.45) is 0.125. The lowest BCUT2D eigenvalue weighted by atomic mass is 9.93. The van der Waals surface area contributed by atoms with Gasteiger partial charge in [0.1, 0.15) is 18.7 Å². The Kier molecular flexibility index (Phi) is 13.0. The molecule has 222 valence electrons. The van der Waals surface area contributed by atoms with E-state index in [1.165, 1.54) is 7.05 Å². The molecule has 0 fully saturated rings. The van der Waals surface area contributed by atoms with E-state index in [4.69, 9.17) is 10.5 Å². The molecule has 4 atom stereocenters. The molecule has 0 saturated carbocycles. The number of amides is 4. The number of hydrogen-bond donors (Lipinski definition) is 3. The summed E-state index contributed by atoms with van der Waals surface area (Å²) >= 11 is 0. The Balaban J connectivity index is 2.16. The summed E-state index contributed by atoms with van der Waals surface area (Å²) < 4.78 is 5.28. The molecular weight excluding hydrogens is 524 g/mol. The van der Waals surface area contributed by atoms with Crippen LogP contribution in [0.3, 0.4) is 0 Å². The van der Waals surface area contributed by atoms with Crippen molar-refractivity contribution in [1.82, 2.24) is 15.5 Å². The Morgan fingerprint density at radius 1 is 0.878 bits per heavy atom. The number of hydrogen-bond acceptors (Lipinski definition) is 6. The highest BCUT2D eigenvalue weighted by Gasteiger charge is 2.37. The van der Waals surface area contributed by atoms with Gasteiger partial charge in [-0.05, 0) is 29.4 Å². The molecule has 4 amide bonds. The second kappa shape index (κ2) is 16.2. The lowest BCUT2D eigenvalue weighted by Crippen LogP contribution is -2.58. The molecule has 0 aliphatic rings. The van der Waals surface area contributed by atoms with Crippen molar-refractivity contribution < 1.29 is 28.7 Å². The summed E-state index contributed by atoms with van der Waals surface area (Å²) in [5.74, 6) is -3.55. The highest BCUT2D eigenvalue weighted by Crippen LogP contribution is 2.15. The van der Waals surface area contributed by atoms with Gasteiger partial charge in [0.25, 0.3) is 5.91 Å². The van der Waals surface area contributed by atoms with E-state index in [2.05, 4.69) is 10.6 Å². The number of nitrogens with two attached hydrogens (primary N) is 1. The number of ether oxygens (including phenoxy) is 1. The zero-order valence-corrected chi connectivity index (χ0v) is 24.5. The summed E-state index contributed by atoms with van der Waals surface area (Å²) in [5.41, 5.74) is 7.16. The van der Waals surface area contributed by atoms with E-state index in [0.29, 0.717) is 6.42 Å². The summed E-state index contributed by atoms with van der Waals surface area (Å²) in [7, 11) is 1.35. The minimum absolute atomic E-state index is 0.0278. The Labute approximate surface area is 242 Å². The summed E-state index contributed by atoms with van der Waals surface area (Å²) in [6.45, 7) is 7.39. The van der Waals surface area contributed by atoms with Crippen molar-refractivity contribution in [3.63, 3.8) is 0 Å². The number of nitrogens with zero attached hydrogens (tertiary/aromatic N) is 1. The summed E-state index contributed by atoms with van der Waals surface area (Å²) in [5, 5.41) is 5.27. The number of rotatable bonds is 15. The van der Waals surface area contributed by atoms with Gasteiger partial charge in [-0.3, -0.25) is 19.2 Å². The number of alkyl carbamates (subject to hydrolysis) is 1. The number of carbonyl (C=O) groups excluding carboxylic acids is 5. The van der Waals surface area contributed by atoms with Gasteiger partial charge in [-0.25, -0.2) is 4.79 Å². The van der Waals surface area contributed by atoms with Crippen LogP contribution in [0, 0.1) is 11.8 Å². The van der Waals surface area contributed by atoms with Crippen LogP contribution in [0.2, 0.25) is 0 Å². The molecule has 2 aromatic carbocycles. The predicted molar refractivity (Wildman–Crippen MR) is 155 cm³/mol. The molecule has 0 heterocycles. The van der Waals surface area contributed by atoms with Gasteiger partial charge < -0.3 is 26.0 Å². The van der Waals surface area contributed by atoms with Gasteiger partial charge in [0.05, 0.1) is 6.04 Å². The molecule has 0 aromatic heterocycles. The SMILES string of the molecule is CCC(C)C(NC(=O)C(CC(C)C)NC(=O)OCc1ccccc1)C(=O)C(=O)N(C)C(Cc1ccccc1)C(N)=O. The zero-order chi connectivity index (χ0) is 30.5. The number of benzene rings is 2. The van der Waals surface area contributed by atoms with Crippen LogP contribution >= 0.6 is 0 Å². The molecule has 10 heteroatoms. The minimum Gasteiger partial charge on any atom is -0.445 e. The van der Waals surface area contributed by atoms with E-state index in [-0.39, 0.29) is 25.4 Å². The molecule has 0 saturated heterocycles. The molecule has 0 radical (unpaired) electrons. The Morgan fingerprint density at radius 2 is 1.44 bits per heavy atom. The quantitative estimate of drug-likeness (QED) is 0.282. The highest BCUT2D eigenvalue weighted by molar-refractivity contribution is 6.38. The van der Waals surface area contributed by atoms with E-state index in [0.717, 1.165) is 16.0 Å². The number of primary amides is 1. The molecule has 4 N–H and O–H groups in total. The fraction of sp³-hybridized carbons (Fsp3) is 0.452. The van der Waals surface area contributed by atoms with Gasteiger partial charge in [0.2, 0.25) is 17.6 Å². The lowest BCUT2D eigenvalue weighted by Gasteiger charge is -2.30. The zero-order valence-electron chi connectivity index (χ0n) is 24.5. The van der Waals surface area contributed by atoms with Crippen molar-refractivity contribution in [2.24, 2.45) is 17.6 Å². The minimum atomic E-state index is -1.18. The molecule has 4 unspecified atom stereocenters. The first-order chi connectivity index (χ1) is 19.4. The van der Waals surface area contributed by atoms with Crippen LogP contribution < -0.4 is 16.4 Å². The molecule has 0 spiro atoms. The first-order valence-corrected chi connectivity index (χ1v) is 13.9. The third kappa shape index (κ3) is 10.4. The van der Waals surface area contributed by atoms with Crippen molar-refractivity contribution in [3.8, 4) is 0 Å². The van der Waals surface area contributed by atoms with Crippen LogP contribution in [0.4, 0.5) is 4.79 Å². The van der Waals surface area contributed by atoms with E-state index < -0.39 is 53.6 Å². The van der Waals surface area contributed by atoms with Crippen molar-refractivity contribution in [2.75, 3.05) is 7.05 Å². The number of nitrogens with one attached hydrogen (secondary N) is 2. The second-order valence-electron chi connectivity index (χ2n) is 10.6. The summed E-state index contributed by atoms with van der Waals surface area (Å²) in [4.78, 5) is 65.9. The predicted octanol–water partition coefficient (Wildman–Crippen LogP) is 2.98. The van der Waals surface area contributed by atoms with Gasteiger partial charge in [-0.15, -0.1) is 0 Å². The van der Waals surface area contributed by atoms with E-state index in [1.807, 2.05) is 57.2 Å². The van der Waals surface area contributed by atoms with Gasteiger partial charge in [0, 0.05) is 13.5 Å². The lowest BCUT2D eigenvalue weighted by molar-refractivity contribution is -0.149. The monoisotopic (exact) mass is 566 g/mol. The standard InChI is InChI=1S/C31H42N4O6/c1-6-21(4)26(27(36)30(39)35(5)25(28(32)37)18-22-13-9-7-10-14-22)34-29(38)24(17-20(2)3)33-31(40)41-19-23-15-11-8-12-16-23/h7-16,20-21,24-26H,6,17-19H2,1-5H3,(H2,32,37)(H,33,40)(H,34,38). The number of carbonyl (C=O) groups is 5. The first kappa shape index (κ1) is 33.0. The van der Waals surface area contributed by atoms with Gasteiger partial charge in [-0.1, -0.05) is 94.8 Å². The van der Waals surface area contributed by atoms with E-state index in [1.54, 1.807) is 31.2 Å². The van der Waals surface area contributed by atoms with Crippen LogP contribution in [0.5, 0.6) is 0 Å².